The Bertz CT molecular complexity index is 413. The third-order valence-corrected chi connectivity index (χ3v) is 2.24. The van der Waals surface area contributed by atoms with Crippen molar-refractivity contribution in [3.63, 3.8) is 0 Å². The van der Waals surface area contributed by atoms with E-state index in [0.29, 0.717) is 6.07 Å². The van der Waals surface area contributed by atoms with Crippen LogP contribution in [0, 0.1) is 0 Å². The van der Waals surface area contributed by atoms with E-state index in [1.165, 1.54) is 6.07 Å². The topological polar surface area (TPSA) is 57.5 Å². The van der Waals surface area contributed by atoms with E-state index >= 15 is 0 Å². The summed E-state index contributed by atoms with van der Waals surface area (Å²) in [7, 11) is 0. The monoisotopic (exact) mass is 248 g/mol. The molecule has 0 atom stereocenters. The van der Waals surface area contributed by atoms with Crippen LogP contribution in [-0.4, -0.2) is 16.2 Å². The quantitative estimate of drug-likeness (QED) is 0.861. The van der Waals surface area contributed by atoms with Gasteiger partial charge in [-0.25, -0.2) is 0 Å². The second-order valence-corrected chi connectivity index (χ2v) is 3.59. The molecule has 0 saturated carbocycles. The third-order valence-electron chi connectivity index (χ3n) is 2.24. The highest BCUT2D eigenvalue weighted by Gasteiger charge is 2.33. The molecule has 0 heterocycles. The number of aryl methyl sites for hydroxylation is 1. The summed E-state index contributed by atoms with van der Waals surface area (Å²) in [4.78, 5) is 10.3. The molecule has 0 bridgehead atoms. The predicted molar refractivity (Wildman–Crippen MR) is 53.7 cm³/mol. The van der Waals surface area contributed by atoms with E-state index in [9.17, 15) is 18.0 Å². The number of aromatic hydroxyl groups is 1. The van der Waals surface area contributed by atoms with Crippen molar-refractivity contribution < 1.29 is 28.2 Å². The van der Waals surface area contributed by atoms with E-state index in [1.54, 1.807) is 0 Å². The molecule has 1 aromatic carbocycles. The van der Waals surface area contributed by atoms with E-state index in [4.69, 9.17) is 10.2 Å². The van der Waals surface area contributed by atoms with Gasteiger partial charge >= 0.3 is 12.1 Å². The van der Waals surface area contributed by atoms with Crippen molar-refractivity contribution in [1.82, 2.24) is 0 Å². The number of alkyl halides is 3. The van der Waals surface area contributed by atoms with Crippen LogP contribution < -0.4 is 0 Å². The summed E-state index contributed by atoms with van der Waals surface area (Å²) in [5, 5.41) is 17.4. The fourth-order valence-corrected chi connectivity index (χ4v) is 1.48. The highest BCUT2D eigenvalue weighted by atomic mass is 19.4. The molecule has 1 rings (SSSR count). The minimum Gasteiger partial charge on any atom is -0.508 e. The molecule has 0 aromatic heterocycles. The van der Waals surface area contributed by atoms with E-state index in [-0.39, 0.29) is 24.8 Å². The van der Waals surface area contributed by atoms with Gasteiger partial charge < -0.3 is 10.2 Å². The maximum atomic E-state index is 12.6. The normalized spacial score (nSPS) is 11.5. The molecule has 3 nitrogen and oxygen atoms in total. The van der Waals surface area contributed by atoms with Gasteiger partial charge in [0.1, 0.15) is 5.75 Å². The Morgan fingerprint density at radius 1 is 1.29 bits per heavy atom. The Morgan fingerprint density at radius 2 is 1.94 bits per heavy atom. The predicted octanol–water partition coefficient (Wildman–Crippen LogP) is 2.82. The molecular weight excluding hydrogens is 237 g/mol. The smallest absolute Gasteiger partial charge is 0.416 e. The van der Waals surface area contributed by atoms with Crippen molar-refractivity contribution in [2.75, 3.05) is 0 Å². The molecule has 0 spiro atoms. The van der Waals surface area contributed by atoms with Gasteiger partial charge in [-0.2, -0.15) is 13.2 Å². The SMILES string of the molecule is O=C(O)CCCc1ccc(O)cc1C(F)(F)F. The molecule has 0 aliphatic heterocycles. The number of hydrogen-bond donors (Lipinski definition) is 2. The van der Waals surface area contributed by atoms with Crippen molar-refractivity contribution in [1.29, 1.82) is 0 Å². The summed E-state index contributed by atoms with van der Waals surface area (Å²) < 4.78 is 37.8. The molecule has 6 heteroatoms. The van der Waals surface area contributed by atoms with Crippen molar-refractivity contribution in [3.05, 3.63) is 29.3 Å². The van der Waals surface area contributed by atoms with E-state index < -0.39 is 23.5 Å². The molecule has 0 radical (unpaired) electrons. The number of phenolic OH excluding ortho intramolecular Hbond substituents is 1. The highest BCUT2D eigenvalue weighted by Crippen LogP contribution is 2.34. The van der Waals surface area contributed by atoms with Gasteiger partial charge in [0.15, 0.2) is 0 Å². The van der Waals surface area contributed by atoms with Crippen LogP contribution >= 0.6 is 0 Å². The molecule has 0 fully saturated rings. The number of rotatable bonds is 4. The molecule has 17 heavy (non-hydrogen) atoms. The summed E-state index contributed by atoms with van der Waals surface area (Å²) in [5.74, 6) is -1.50. The maximum Gasteiger partial charge on any atom is 0.416 e. The first-order valence-electron chi connectivity index (χ1n) is 4.91. The Hall–Kier alpha value is -1.72. The summed E-state index contributed by atoms with van der Waals surface area (Å²) in [5.41, 5.74) is -0.917. The van der Waals surface area contributed by atoms with Crippen LogP contribution in [0.1, 0.15) is 24.0 Å². The Kier molecular flexibility index (Phi) is 3.98. The molecule has 94 valence electrons. The Labute approximate surface area is 95.5 Å². The van der Waals surface area contributed by atoms with Gasteiger partial charge in [-0.1, -0.05) is 6.07 Å². The largest absolute Gasteiger partial charge is 0.508 e. The number of carboxylic acid groups (broad SMARTS) is 1. The first-order valence-corrected chi connectivity index (χ1v) is 4.91. The van der Waals surface area contributed by atoms with Gasteiger partial charge in [-0.3, -0.25) is 4.79 Å². The Morgan fingerprint density at radius 3 is 2.47 bits per heavy atom. The molecule has 0 aliphatic rings. The number of phenols is 1. The lowest BCUT2D eigenvalue weighted by Gasteiger charge is -2.12. The van der Waals surface area contributed by atoms with E-state index in [1.807, 2.05) is 0 Å². The molecular formula is C11H11F3O3. The fraction of sp³-hybridized carbons (Fsp3) is 0.364. The third kappa shape index (κ3) is 3.97. The maximum absolute atomic E-state index is 12.6. The van der Waals surface area contributed by atoms with Gasteiger partial charge in [0.25, 0.3) is 0 Å². The van der Waals surface area contributed by atoms with Gasteiger partial charge in [0, 0.05) is 6.42 Å². The summed E-state index contributed by atoms with van der Waals surface area (Å²) in [6.07, 6.45) is -4.58. The average molecular weight is 248 g/mol. The van der Waals surface area contributed by atoms with Gasteiger partial charge in [-0.05, 0) is 30.5 Å². The van der Waals surface area contributed by atoms with Crippen LogP contribution in [0.2, 0.25) is 0 Å². The number of aliphatic carboxylic acids is 1. The number of hydrogen-bond acceptors (Lipinski definition) is 2. The lowest BCUT2D eigenvalue weighted by Crippen LogP contribution is -2.09. The fourth-order valence-electron chi connectivity index (χ4n) is 1.48. The second kappa shape index (κ2) is 5.07. The molecule has 2 N–H and O–H groups in total. The average Bonchev–Trinajstić information content (AvgIpc) is 2.18. The zero-order valence-electron chi connectivity index (χ0n) is 8.79. The first-order chi connectivity index (χ1) is 7.80. The molecule has 1 aromatic rings. The van der Waals surface area contributed by atoms with Crippen LogP contribution in [0.5, 0.6) is 5.75 Å². The summed E-state index contributed by atoms with van der Waals surface area (Å²) in [6, 6.07) is 2.97. The molecule has 0 saturated heterocycles. The second-order valence-electron chi connectivity index (χ2n) is 3.59. The van der Waals surface area contributed by atoms with Crippen molar-refractivity contribution >= 4 is 5.97 Å². The van der Waals surface area contributed by atoms with Gasteiger partial charge in [-0.15, -0.1) is 0 Å². The lowest BCUT2D eigenvalue weighted by atomic mass is 10.0. The van der Waals surface area contributed by atoms with Crippen LogP contribution in [0.4, 0.5) is 13.2 Å². The highest BCUT2D eigenvalue weighted by molar-refractivity contribution is 5.66. The summed E-state index contributed by atoms with van der Waals surface area (Å²) >= 11 is 0. The van der Waals surface area contributed by atoms with Gasteiger partial charge in [0.05, 0.1) is 5.56 Å². The van der Waals surface area contributed by atoms with Crippen molar-refractivity contribution in [2.45, 2.75) is 25.4 Å². The minimum atomic E-state index is -4.54. The van der Waals surface area contributed by atoms with E-state index in [0.717, 1.165) is 6.07 Å². The van der Waals surface area contributed by atoms with Crippen LogP contribution in [0.3, 0.4) is 0 Å². The zero-order valence-corrected chi connectivity index (χ0v) is 8.79. The van der Waals surface area contributed by atoms with Gasteiger partial charge in [0.2, 0.25) is 0 Å². The van der Waals surface area contributed by atoms with Crippen LogP contribution in [0.15, 0.2) is 18.2 Å². The number of halogens is 3. The van der Waals surface area contributed by atoms with E-state index in [2.05, 4.69) is 0 Å². The summed E-state index contributed by atoms with van der Waals surface area (Å²) in [6.45, 7) is 0. The minimum absolute atomic E-state index is 0.00319. The van der Waals surface area contributed by atoms with Crippen molar-refractivity contribution in [3.8, 4) is 5.75 Å². The van der Waals surface area contributed by atoms with Crippen molar-refractivity contribution in [2.24, 2.45) is 0 Å². The molecule has 0 unspecified atom stereocenters. The molecule has 0 amide bonds. The first kappa shape index (κ1) is 13.3. The molecule has 0 aliphatic carbocycles. The Balaban J connectivity index is 2.87. The van der Waals surface area contributed by atoms with Crippen LogP contribution in [-0.2, 0) is 17.4 Å². The standard InChI is InChI=1S/C11H11F3O3/c12-11(13,14)9-6-8(15)5-4-7(9)2-1-3-10(16)17/h4-6,15H,1-3H2,(H,16,17). The lowest BCUT2D eigenvalue weighted by molar-refractivity contribution is -0.138. The number of carboxylic acids is 1. The number of benzene rings is 1. The number of carbonyl (C=O) groups is 1. The zero-order chi connectivity index (χ0) is 13.1. The van der Waals surface area contributed by atoms with Crippen LogP contribution in [0.25, 0.3) is 0 Å².